The number of benzene rings is 3. The number of nitrogens with zero attached hydrogens (tertiary/aromatic N) is 1. The molecule has 4 N–H and O–H groups in total. The summed E-state index contributed by atoms with van der Waals surface area (Å²) in [6.07, 6.45) is -0.974. The Morgan fingerprint density at radius 1 is 1.08 bits per heavy atom. The molecule has 1 atom stereocenters. The third-order valence-corrected chi connectivity index (χ3v) is 6.75. The van der Waals surface area contributed by atoms with Crippen molar-refractivity contribution in [2.75, 3.05) is 24.4 Å². The van der Waals surface area contributed by atoms with E-state index in [1.54, 1.807) is 6.07 Å². The Morgan fingerprint density at radius 2 is 1.83 bits per heavy atom. The van der Waals surface area contributed by atoms with Crippen molar-refractivity contribution in [2.45, 2.75) is 17.9 Å². The van der Waals surface area contributed by atoms with E-state index in [9.17, 15) is 26.7 Å². The Hall–Kier alpha value is -3.61. The van der Waals surface area contributed by atoms with E-state index >= 15 is 0 Å². The number of ether oxygens (including phenoxy) is 1. The molecule has 0 radical (unpaired) electrons. The highest BCUT2D eigenvalue weighted by Gasteiger charge is 2.20. The summed E-state index contributed by atoms with van der Waals surface area (Å²) in [4.78, 5) is -0.770. The van der Waals surface area contributed by atoms with Crippen molar-refractivity contribution in [1.82, 2.24) is 15.5 Å². The van der Waals surface area contributed by atoms with Gasteiger partial charge in [0.2, 0.25) is 0 Å². The third-order valence-electron chi connectivity index (χ3n) is 5.39. The summed E-state index contributed by atoms with van der Waals surface area (Å²) in [5.74, 6) is -4.33. The fourth-order valence-corrected chi connectivity index (χ4v) is 4.60. The lowest BCUT2D eigenvalue weighted by Crippen LogP contribution is -2.26. The number of fused-ring (bicyclic) bond motifs is 1. The Balaban J connectivity index is 1.30. The van der Waals surface area contributed by atoms with Gasteiger partial charge in [0.1, 0.15) is 12.4 Å². The monoisotopic (exact) mass is 520 g/mol. The first-order valence-electron chi connectivity index (χ1n) is 10.9. The molecule has 0 fully saturated rings. The summed E-state index contributed by atoms with van der Waals surface area (Å²) in [7, 11) is -4.40. The minimum atomic E-state index is -4.40. The highest BCUT2D eigenvalue weighted by Crippen LogP contribution is 2.23. The van der Waals surface area contributed by atoms with Crippen molar-refractivity contribution in [3.05, 3.63) is 83.3 Å². The Labute approximate surface area is 205 Å². The van der Waals surface area contributed by atoms with E-state index in [-0.39, 0.29) is 12.2 Å². The van der Waals surface area contributed by atoms with Gasteiger partial charge in [-0.3, -0.25) is 9.82 Å². The zero-order chi connectivity index (χ0) is 25.9. The molecule has 1 heterocycles. The van der Waals surface area contributed by atoms with Gasteiger partial charge in [-0.05, 0) is 48.9 Å². The smallest absolute Gasteiger partial charge is 0.262 e. The minimum Gasteiger partial charge on any atom is -0.492 e. The lowest BCUT2D eigenvalue weighted by atomic mass is 10.1. The molecule has 0 aliphatic carbocycles. The molecule has 8 nitrogen and oxygen atoms in total. The standard InChI is InChI=1S/C24H23F3N4O4S/c1-14-19-6-5-17(10-22(19)30-29-14)35-8-7-28-13-23(32)15-3-2-4-16(9-15)31-36(33,34)18-11-20(25)24(27)21(26)12-18/h2-6,9-12,23,28,31-32H,7-8,13H2,1H3,(H,29,30). The van der Waals surface area contributed by atoms with Crippen LogP contribution in [0.4, 0.5) is 18.9 Å². The number of nitrogens with one attached hydrogen (secondary N) is 3. The maximum absolute atomic E-state index is 13.5. The van der Waals surface area contributed by atoms with Crippen LogP contribution in [-0.2, 0) is 10.0 Å². The number of aliphatic hydroxyl groups is 1. The first-order chi connectivity index (χ1) is 17.1. The predicted molar refractivity (Wildman–Crippen MR) is 128 cm³/mol. The number of halogens is 3. The molecule has 0 saturated heterocycles. The number of aromatic nitrogens is 2. The van der Waals surface area contributed by atoms with E-state index in [1.165, 1.54) is 18.2 Å². The van der Waals surface area contributed by atoms with Crippen molar-refractivity contribution in [2.24, 2.45) is 0 Å². The number of hydrogen-bond acceptors (Lipinski definition) is 6. The molecule has 0 spiro atoms. The van der Waals surface area contributed by atoms with E-state index in [0.29, 0.717) is 36.6 Å². The van der Waals surface area contributed by atoms with Crippen LogP contribution in [0.1, 0.15) is 17.4 Å². The van der Waals surface area contributed by atoms with Gasteiger partial charge < -0.3 is 15.2 Å². The molecule has 4 rings (SSSR count). The minimum absolute atomic E-state index is 0.0593. The largest absolute Gasteiger partial charge is 0.492 e. The highest BCUT2D eigenvalue weighted by molar-refractivity contribution is 7.92. The summed E-state index contributed by atoms with van der Waals surface area (Å²) < 4.78 is 72.9. The molecule has 1 aromatic heterocycles. The molecule has 0 saturated carbocycles. The highest BCUT2D eigenvalue weighted by atomic mass is 32.2. The average molecular weight is 521 g/mol. The molecule has 3 aromatic carbocycles. The zero-order valence-corrected chi connectivity index (χ0v) is 19.9. The number of H-pyrrole nitrogens is 1. The van der Waals surface area contributed by atoms with Gasteiger partial charge >= 0.3 is 0 Å². The molecule has 0 bridgehead atoms. The summed E-state index contributed by atoms with van der Waals surface area (Å²) in [6.45, 7) is 2.87. The van der Waals surface area contributed by atoms with Crippen LogP contribution < -0.4 is 14.8 Å². The van der Waals surface area contributed by atoms with Crippen LogP contribution in [0.15, 0.2) is 59.5 Å². The van der Waals surface area contributed by atoms with E-state index in [4.69, 9.17) is 4.74 Å². The maximum atomic E-state index is 13.5. The van der Waals surface area contributed by atoms with E-state index in [2.05, 4.69) is 20.2 Å². The summed E-state index contributed by atoms with van der Waals surface area (Å²) in [6, 6.07) is 12.3. The van der Waals surface area contributed by atoms with Gasteiger partial charge in [0, 0.05) is 35.9 Å². The number of aromatic amines is 1. The molecule has 1 unspecified atom stereocenters. The van der Waals surface area contributed by atoms with Crippen LogP contribution >= 0.6 is 0 Å². The molecular formula is C24H23F3N4O4S. The predicted octanol–water partition coefficient (Wildman–Crippen LogP) is 3.79. The van der Waals surface area contributed by atoms with Crippen LogP contribution in [0, 0.1) is 24.4 Å². The topological polar surface area (TPSA) is 116 Å². The molecular weight excluding hydrogens is 497 g/mol. The van der Waals surface area contributed by atoms with E-state index < -0.39 is 38.5 Å². The second kappa shape index (κ2) is 10.6. The van der Waals surface area contributed by atoms with Gasteiger partial charge in [0.25, 0.3) is 10.0 Å². The van der Waals surface area contributed by atoms with Gasteiger partial charge in [-0.25, -0.2) is 21.6 Å². The molecule has 190 valence electrons. The van der Waals surface area contributed by atoms with Crippen molar-refractivity contribution >= 4 is 26.6 Å². The van der Waals surface area contributed by atoms with Crippen molar-refractivity contribution < 1.29 is 31.4 Å². The molecule has 12 heteroatoms. The number of hydrogen-bond donors (Lipinski definition) is 4. The first-order valence-corrected chi connectivity index (χ1v) is 12.4. The maximum Gasteiger partial charge on any atom is 0.262 e. The summed E-state index contributed by atoms with van der Waals surface area (Å²) >= 11 is 0. The van der Waals surface area contributed by atoms with Gasteiger partial charge in [0.15, 0.2) is 17.5 Å². The second-order valence-corrected chi connectivity index (χ2v) is 9.71. The van der Waals surface area contributed by atoms with Crippen LogP contribution in [0.25, 0.3) is 10.9 Å². The summed E-state index contributed by atoms with van der Waals surface area (Å²) in [5, 5.41) is 21.6. The van der Waals surface area contributed by atoms with Crippen LogP contribution in [0.3, 0.4) is 0 Å². The number of aliphatic hydroxyl groups excluding tert-OH is 1. The summed E-state index contributed by atoms with van der Waals surface area (Å²) in [5.41, 5.74) is 2.24. The van der Waals surface area contributed by atoms with Crippen LogP contribution in [0.2, 0.25) is 0 Å². The van der Waals surface area contributed by atoms with Gasteiger partial charge in [-0.1, -0.05) is 12.1 Å². The van der Waals surface area contributed by atoms with E-state index in [0.717, 1.165) is 16.6 Å². The SMILES string of the molecule is Cc1[nH]nc2cc(OCCNCC(O)c3cccc(NS(=O)(=O)c4cc(F)c(F)c(F)c4)c3)ccc12. The average Bonchev–Trinajstić information content (AvgIpc) is 3.21. The third kappa shape index (κ3) is 5.78. The van der Waals surface area contributed by atoms with Crippen molar-refractivity contribution in [3.63, 3.8) is 0 Å². The molecule has 0 aliphatic rings. The zero-order valence-electron chi connectivity index (χ0n) is 19.1. The Kier molecular flexibility index (Phi) is 7.48. The second-order valence-electron chi connectivity index (χ2n) is 8.03. The Bertz CT molecular complexity index is 1470. The van der Waals surface area contributed by atoms with E-state index in [1.807, 2.05) is 25.1 Å². The molecule has 36 heavy (non-hydrogen) atoms. The van der Waals surface area contributed by atoms with Crippen LogP contribution in [0.5, 0.6) is 5.75 Å². The Morgan fingerprint density at radius 3 is 2.58 bits per heavy atom. The number of aryl methyl sites for hydroxylation is 1. The van der Waals surface area contributed by atoms with Crippen molar-refractivity contribution in [3.8, 4) is 5.75 Å². The molecule has 0 amide bonds. The lowest BCUT2D eigenvalue weighted by molar-refractivity contribution is 0.172. The molecule has 4 aromatic rings. The fourth-order valence-electron chi connectivity index (χ4n) is 3.52. The fraction of sp³-hybridized carbons (Fsp3) is 0.208. The number of sulfonamides is 1. The van der Waals surface area contributed by atoms with Crippen LogP contribution in [-0.4, -0.2) is 43.4 Å². The van der Waals surface area contributed by atoms with Crippen molar-refractivity contribution in [1.29, 1.82) is 0 Å². The van der Waals surface area contributed by atoms with Gasteiger partial charge in [-0.15, -0.1) is 0 Å². The first kappa shape index (κ1) is 25.5. The number of anilines is 1. The number of rotatable bonds is 10. The molecule has 0 aliphatic heterocycles. The van der Waals surface area contributed by atoms with Gasteiger partial charge in [-0.2, -0.15) is 5.10 Å². The quantitative estimate of drug-likeness (QED) is 0.187. The normalized spacial score (nSPS) is 12.6. The lowest BCUT2D eigenvalue weighted by Gasteiger charge is -2.15. The van der Waals surface area contributed by atoms with Gasteiger partial charge in [0.05, 0.1) is 16.5 Å².